The summed E-state index contributed by atoms with van der Waals surface area (Å²) in [5, 5.41) is 0. The molecular formula is C3H4NSY3-. The number of hydrogen-bond donors (Lipinski definition) is 0. The van der Waals surface area contributed by atoms with Crippen LogP contribution >= 0.6 is 11.9 Å². The van der Waals surface area contributed by atoms with Crippen LogP contribution in [0.25, 0.3) is 4.72 Å². The van der Waals surface area contributed by atoms with Crippen molar-refractivity contribution >= 4 is 11.9 Å². The maximum absolute atomic E-state index is 3.82. The van der Waals surface area contributed by atoms with E-state index in [0.29, 0.717) is 0 Å². The average Bonchev–Trinajstić information content (AvgIpc) is 1.76. The molecule has 3 radical (unpaired) electrons. The molecule has 0 bridgehead atoms. The topological polar surface area (TPSA) is 14.1 Å². The average molecular weight is 353 g/mol. The zero-order valence-corrected chi connectivity index (χ0v) is 13.8. The fourth-order valence-corrected chi connectivity index (χ4v) is 0.645. The fraction of sp³-hybridized carbons (Fsp3) is 0.333. The van der Waals surface area contributed by atoms with Gasteiger partial charge >= 0.3 is 0 Å². The molecule has 0 N–H and O–H groups in total. The Hall–Kier alpha value is 3.20. The van der Waals surface area contributed by atoms with E-state index in [1.54, 1.807) is 11.9 Å². The molecule has 0 aromatic carbocycles. The molecule has 1 rings (SSSR count). The van der Waals surface area contributed by atoms with Crippen LogP contribution in [0, 0.1) is 0 Å². The van der Waals surface area contributed by atoms with Crippen molar-refractivity contribution in [1.82, 2.24) is 0 Å². The Balaban J connectivity index is -0.0000000833. The molecule has 0 aliphatic carbocycles. The minimum absolute atomic E-state index is 0. The number of hydrogen-bond acceptors (Lipinski definition) is 1. The summed E-state index contributed by atoms with van der Waals surface area (Å²) in [6, 6.07) is 0. The van der Waals surface area contributed by atoms with Gasteiger partial charge < -0.3 is 4.72 Å². The molecule has 0 amide bonds. The van der Waals surface area contributed by atoms with Crippen LogP contribution in [0.2, 0.25) is 0 Å². The molecular weight excluding hydrogens is 349 g/mol. The molecule has 0 unspecified atom stereocenters. The van der Waals surface area contributed by atoms with E-state index in [0.717, 1.165) is 5.75 Å². The Labute approximate surface area is 130 Å². The molecule has 1 aliphatic rings. The minimum Gasteiger partial charge on any atom is -0.637 e. The molecule has 5 heteroatoms. The van der Waals surface area contributed by atoms with Gasteiger partial charge in [0.2, 0.25) is 0 Å². The van der Waals surface area contributed by atoms with Crippen LogP contribution in [0.15, 0.2) is 12.3 Å². The van der Waals surface area contributed by atoms with Crippen molar-refractivity contribution in [3.63, 3.8) is 0 Å². The van der Waals surface area contributed by atoms with Crippen molar-refractivity contribution in [2.24, 2.45) is 0 Å². The summed E-state index contributed by atoms with van der Waals surface area (Å²) in [7, 11) is 0. The Morgan fingerprint density at radius 3 is 2.00 bits per heavy atom. The van der Waals surface area contributed by atoms with Crippen LogP contribution in [0.5, 0.6) is 0 Å². The zero-order valence-electron chi connectivity index (χ0n) is 4.45. The SMILES string of the molecule is C1=C[N-]SC1.[Y].[Y].[Y]. The summed E-state index contributed by atoms with van der Waals surface area (Å²) in [6.07, 6.45) is 3.86. The summed E-state index contributed by atoms with van der Waals surface area (Å²) in [5.41, 5.74) is 0. The van der Waals surface area contributed by atoms with Gasteiger partial charge in [0, 0.05) is 98.1 Å². The number of nitrogens with zero attached hydrogens (tertiary/aromatic N) is 1. The van der Waals surface area contributed by atoms with Gasteiger partial charge in [-0.2, -0.15) is 6.20 Å². The van der Waals surface area contributed by atoms with Crippen molar-refractivity contribution < 1.29 is 98.1 Å². The van der Waals surface area contributed by atoms with Crippen LogP contribution in [-0.4, -0.2) is 5.75 Å². The second-order valence-electron chi connectivity index (χ2n) is 0.786. The molecule has 0 saturated carbocycles. The first kappa shape index (κ1) is 17.3. The summed E-state index contributed by atoms with van der Waals surface area (Å²) >= 11 is 1.59. The zero-order chi connectivity index (χ0) is 3.54. The van der Waals surface area contributed by atoms with Gasteiger partial charge in [-0.3, -0.25) is 11.9 Å². The predicted molar refractivity (Wildman–Crippen MR) is 25.0 cm³/mol. The largest absolute Gasteiger partial charge is 0.637 e. The second kappa shape index (κ2) is 12.8. The van der Waals surface area contributed by atoms with Gasteiger partial charge in [0.1, 0.15) is 0 Å². The van der Waals surface area contributed by atoms with Crippen LogP contribution < -0.4 is 0 Å². The van der Waals surface area contributed by atoms with Gasteiger partial charge in [-0.15, -0.1) is 0 Å². The molecule has 0 atom stereocenters. The Bertz CT molecular complexity index is 52.5. The van der Waals surface area contributed by atoms with Crippen LogP contribution in [0.4, 0.5) is 0 Å². The van der Waals surface area contributed by atoms with Crippen molar-refractivity contribution in [2.45, 2.75) is 0 Å². The Morgan fingerprint density at radius 1 is 1.25 bits per heavy atom. The smallest absolute Gasteiger partial charge is 0 e. The van der Waals surface area contributed by atoms with Gasteiger partial charge in [0.15, 0.2) is 0 Å². The van der Waals surface area contributed by atoms with Crippen molar-refractivity contribution in [2.75, 3.05) is 5.75 Å². The van der Waals surface area contributed by atoms with Crippen molar-refractivity contribution in [3.8, 4) is 0 Å². The third-order valence-electron chi connectivity index (χ3n) is 0.412. The van der Waals surface area contributed by atoms with Gasteiger partial charge in [0.25, 0.3) is 0 Å². The quantitative estimate of drug-likeness (QED) is 0.603. The van der Waals surface area contributed by atoms with Gasteiger partial charge in [-0.05, 0) is 5.75 Å². The van der Waals surface area contributed by atoms with Crippen LogP contribution in [0.1, 0.15) is 0 Å². The summed E-state index contributed by atoms with van der Waals surface area (Å²) in [6.45, 7) is 0. The molecule has 0 aromatic heterocycles. The van der Waals surface area contributed by atoms with Gasteiger partial charge in [-0.25, -0.2) is 0 Å². The van der Waals surface area contributed by atoms with E-state index in [1.807, 2.05) is 12.3 Å². The molecule has 0 aromatic rings. The first-order chi connectivity index (χ1) is 2.50. The summed E-state index contributed by atoms with van der Waals surface area (Å²) < 4.78 is 3.82. The molecule has 0 spiro atoms. The predicted octanol–water partition coefficient (Wildman–Crippen LogP) is 1.53. The Morgan fingerprint density at radius 2 is 1.88 bits per heavy atom. The molecule has 8 heavy (non-hydrogen) atoms. The number of rotatable bonds is 0. The first-order valence-electron chi connectivity index (χ1n) is 1.47. The molecule has 0 saturated heterocycles. The van der Waals surface area contributed by atoms with E-state index in [1.165, 1.54) is 0 Å². The minimum atomic E-state index is 0. The molecule has 1 aliphatic heterocycles. The van der Waals surface area contributed by atoms with E-state index in [-0.39, 0.29) is 98.1 Å². The van der Waals surface area contributed by atoms with Crippen LogP contribution in [-0.2, 0) is 98.1 Å². The summed E-state index contributed by atoms with van der Waals surface area (Å²) in [5.74, 6) is 1.07. The first-order valence-corrected chi connectivity index (χ1v) is 2.41. The van der Waals surface area contributed by atoms with Crippen molar-refractivity contribution in [3.05, 3.63) is 17.0 Å². The van der Waals surface area contributed by atoms with E-state index >= 15 is 0 Å². The monoisotopic (exact) mass is 353 g/mol. The van der Waals surface area contributed by atoms with E-state index in [9.17, 15) is 0 Å². The molecule has 1 nitrogen and oxygen atoms in total. The summed E-state index contributed by atoms with van der Waals surface area (Å²) in [4.78, 5) is 0. The molecule has 0 fully saturated rings. The van der Waals surface area contributed by atoms with E-state index in [2.05, 4.69) is 4.72 Å². The molecule has 1 heterocycles. The second-order valence-corrected chi connectivity index (χ2v) is 1.59. The van der Waals surface area contributed by atoms with E-state index in [4.69, 9.17) is 0 Å². The third-order valence-corrected chi connectivity index (χ3v) is 1.02. The Kier molecular flexibility index (Phi) is 27.8. The molecule has 37 valence electrons. The maximum Gasteiger partial charge on any atom is 0 e. The standard InChI is InChI=1S/C3H4NS.3Y/c1-2-4-5-3-1;;;/h1-2H,3H2;;;/q-1;;;. The normalized spacial score (nSPS) is 12.0. The van der Waals surface area contributed by atoms with Gasteiger partial charge in [0.05, 0.1) is 0 Å². The van der Waals surface area contributed by atoms with Crippen LogP contribution in [0.3, 0.4) is 0 Å². The van der Waals surface area contributed by atoms with E-state index < -0.39 is 0 Å². The van der Waals surface area contributed by atoms with Crippen molar-refractivity contribution in [1.29, 1.82) is 0 Å². The third kappa shape index (κ3) is 9.20. The van der Waals surface area contributed by atoms with Gasteiger partial charge in [-0.1, -0.05) is 6.08 Å². The fourth-order valence-electron chi connectivity index (χ4n) is 0.215. The maximum atomic E-state index is 3.82.